The van der Waals surface area contributed by atoms with Gasteiger partial charge in [0.1, 0.15) is 0 Å². The molecule has 1 amide bonds. The molecule has 35 heavy (non-hydrogen) atoms. The fraction of sp³-hybridized carbons (Fsp3) is 0.214. The highest BCUT2D eigenvalue weighted by Crippen LogP contribution is 2.27. The number of hydrogen-bond acceptors (Lipinski definition) is 6. The Bertz CT molecular complexity index is 1320. The Hall–Kier alpha value is -4.10. The van der Waals surface area contributed by atoms with Crippen LogP contribution in [0.25, 0.3) is 11.3 Å². The first kappa shape index (κ1) is 22.7. The maximum Gasteiger partial charge on any atom is 0.255 e. The van der Waals surface area contributed by atoms with Crippen molar-refractivity contribution in [2.24, 2.45) is 0 Å². The normalized spacial score (nSPS) is 15.7. The largest absolute Gasteiger partial charge is 0.324 e. The SMILES string of the molecule is Cc1ccc(NC(=O)c2ccc(C3CCN(C)C3)cc2)cc1Nc1nccc(-c2cccnc2)n1. The molecule has 0 radical (unpaired) electrons. The Morgan fingerprint density at radius 3 is 2.66 bits per heavy atom. The standard InChI is InChI=1S/C28H28N6O/c1-19-5-10-24(31-27(35)21-8-6-20(7-9-21)23-12-15-34(2)18-23)16-26(19)33-28-30-14-11-25(32-28)22-4-3-13-29-17-22/h3-11,13-14,16-17,23H,12,15,18H2,1-2H3,(H,31,35)(H,30,32,33). The summed E-state index contributed by atoms with van der Waals surface area (Å²) in [5.41, 5.74) is 6.18. The van der Waals surface area contributed by atoms with Crippen LogP contribution in [0.3, 0.4) is 0 Å². The molecule has 7 nitrogen and oxygen atoms in total. The van der Waals surface area contributed by atoms with Crippen molar-refractivity contribution in [2.45, 2.75) is 19.3 Å². The van der Waals surface area contributed by atoms with Crippen LogP contribution in [-0.2, 0) is 0 Å². The summed E-state index contributed by atoms with van der Waals surface area (Å²) in [6.45, 7) is 4.19. The van der Waals surface area contributed by atoms with E-state index >= 15 is 0 Å². The van der Waals surface area contributed by atoms with Crippen LogP contribution in [0.15, 0.2) is 79.3 Å². The van der Waals surface area contributed by atoms with Crippen molar-refractivity contribution in [3.05, 3.63) is 95.9 Å². The third kappa shape index (κ3) is 5.36. The highest BCUT2D eigenvalue weighted by atomic mass is 16.1. The molecule has 5 rings (SSSR count). The molecule has 2 aromatic carbocycles. The fourth-order valence-electron chi connectivity index (χ4n) is 4.37. The van der Waals surface area contributed by atoms with E-state index in [1.165, 1.54) is 5.56 Å². The van der Waals surface area contributed by atoms with Crippen LogP contribution in [0.4, 0.5) is 17.3 Å². The van der Waals surface area contributed by atoms with E-state index in [9.17, 15) is 4.79 Å². The van der Waals surface area contributed by atoms with Gasteiger partial charge < -0.3 is 15.5 Å². The van der Waals surface area contributed by atoms with Gasteiger partial charge in [0.25, 0.3) is 5.91 Å². The van der Waals surface area contributed by atoms with Gasteiger partial charge in [0.05, 0.1) is 5.69 Å². The minimum Gasteiger partial charge on any atom is -0.324 e. The molecular weight excluding hydrogens is 436 g/mol. The summed E-state index contributed by atoms with van der Waals surface area (Å²) in [4.78, 5) is 28.3. The van der Waals surface area contributed by atoms with Gasteiger partial charge in [0, 0.05) is 47.6 Å². The van der Waals surface area contributed by atoms with Gasteiger partial charge in [-0.25, -0.2) is 9.97 Å². The molecule has 0 bridgehead atoms. The number of hydrogen-bond donors (Lipinski definition) is 2. The average molecular weight is 465 g/mol. The number of carbonyl (C=O) groups is 1. The van der Waals surface area contributed by atoms with Crippen LogP contribution in [0, 0.1) is 6.92 Å². The number of aromatic nitrogens is 3. The Kier molecular flexibility index (Phi) is 6.50. The predicted octanol–water partition coefficient (Wildman–Crippen LogP) is 5.26. The van der Waals surface area contributed by atoms with Crippen LogP contribution in [0.5, 0.6) is 0 Å². The van der Waals surface area contributed by atoms with Crippen molar-refractivity contribution < 1.29 is 4.79 Å². The molecule has 0 saturated carbocycles. The summed E-state index contributed by atoms with van der Waals surface area (Å²) in [6.07, 6.45) is 6.38. The summed E-state index contributed by atoms with van der Waals surface area (Å²) in [6, 6.07) is 19.4. The molecule has 4 aromatic rings. The zero-order valence-electron chi connectivity index (χ0n) is 19.9. The molecule has 3 heterocycles. The number of anilines is 3. The van der Waals surface area contributed by atoms with Crippen molar-refractivity contribution in [1.82, 2.24) is 19.9 Å². The number of rotatable bonds is 6. The van der Waals surface area contributed by atoms with Crippen LogP contribution < -0.4 is 10.6 Å². The van der Waals surface area contributed by atoms with Gasteiger partial charge in [-0.1, -0.05) is 18.2 Å². The molecule has 176 valence electrons. The zero-order chi connectivity index (χ0) is 24.2. The van der Waals surface area contributed by atoms with Gasteiger partial charge in [0.15, 0.2) is 0 Å². The first-order valence-corrected chi connectivity index (χ1v) is 11.8. The predicted molar refractivity (Wildman–Crippen MR) is 139 cm³/mol. The number of amides is 1. The molecule has 1 atom stereocenters. The van der Waals surface area contributed by atoms with E-state index < -0.39 is 0 Å². The molecule has 1 aliphatic rings. The second kappa shape index (κ2) is 10.0. The highest BCUT2D eigenvalue weighted by Gasteiger charge is 2.21. The van der Waals surface area contributed by atoms with E-state index in [0.717, 1.165) is 42.0 Å². The average Bonchev–Trinajstić information content (AvgIpc) is 3.33. The fourth-order valence-corrected chi connectivity index (χ4v) is 4.37. The monoisotopic (exact) mass is 464 g/mol. The molecule has 0 aliphatic carbocycles. The van der Waals surface area contributed by atoms with E-state index in [2.05, 4.69) is 49.7 Å². The summed E-state index contributed by atoms with van der Waals surface area (Å²) in [7, 11) is 2.15. The number of carbonyl (C=O) groups excluding carboxylic acids is 1. The summed E-state index contributed by atoms with van der Waals surface area (Å²) in [5.74, 6) is 0.887. The van der Waals surface area contributed by atoms with E-state index in [1.807, 2.05) is 55.5 Å². The van der Waals surface area contributed by atoms with Crippen molar-refractivity contribution in [2.75, 3.05) is 30.8 Å². The number of aryl methyl sites for hydroxylation is 1. The summed E-state index contributed by atoms with van der Waals surface area (Å²) < 4.78 is 0. The van der Waals surface area contributed by atoms with Crippen LogP contribution in [0.2, 0.25) is 0 Å². The van der Waals surface area contributed by atoms with Crippen molar-refractivity contribution in [3.63, 3.8) is 0 Å². The first-order valence-electron chi connectivity index (χ1n) is 11.8. The maximum absolute atomic E-state index is 12.9. The van der Waals surface area contributed by atoms with Gasteiger partial charge in [-0.3, -0.25) is 9.78 Å². The van der Waals surface area contributed by atoms with E-state index in [4.69, 9.17) is 0 Å². The number of pyridine rings is 1. The topological polar surface area (TPSA) is 83.0 Å². The molecule has 2 N–H and O–H groups in total. The van der Waals surface area contributed by atoms with Crippen molar-refractivity contribution in [3.8, 4) is 11.3 Å². The molecule has 1 aliphatic heterocycles. The van der Waals surface area contributed by atoms with Gasteiger partial charge in [-0.15, -0.1) is 0 Å². The third-order valence-electron chi connectivity index (χ3n) is 6.39. The van der Waals surface area contributed by atoms with E-state index in [0.29, 0.717) is 23.1 Å². The highest BCUT2D eigenvalue weighted by molar-refractivity contribution is 6.04. The van der Waals surface area contributed by atoms with Crippen LogP contribution >= 0.6 is 0 Å². The molecule has 2 aromatic heterocycles. The quantitative estimate of drug-likeness (QED) is 0.405. The Morgan fingerprint density at radius 2 is 1.91 bits per heavy atom. The molecule has 1 saturated heterocycles. The van der Waals surface area contributed by atoms with E-state index in [-0.39, 0.29) is 5.91 Å². The van der Waals surface area contributed by atoms with Crippen LogP contribution in [-0.4, -0.2) is 45.9 Å². The lowest BCUT2D eigenvalue weighted by molar-refractivity contribution is 0.102. The van der Waals surface area contributed by atoms with Crippen LogP contribution in [0.1, 0.15) is 33.8 Å². The molecular formula is C28H28N6O. The summed E-state index contributed by atoms with van der Waals surface area (Å²) >= 11 is 0. The Morgan fingerprint density at radius 1 is 1.06 bits per heavy atom. The van der Waals surface area contributed by atoms with Gasteiger partial charge in [-0.05, 0) is 86.4 Å². The molecule has 1 unspecified atom stereocenters. The minimum absolute atomic E-state index is 0.135. The lowest BCUT2D eigenvalue weighted by atomic mass is 9.97. The second-order valence-electron chi connectivity index (χ2n) is 8.99. The Balaban J connectivity index is 1.28. The zero-order valence-corrected chi connectivity index (χ0v) is 19.9. The first-order chi connectivity index (χ1) is 17.0. The Labute approximate surface area is 205 Å². The third-order valence-corrected chi connectivity index (χ3v) is 6.39. The lowest BCUT2D eigenvalue weighted by Gasteiger charge is -2.13. The molecule has 7 heteroatoms. The molecule has 0 spiro atoms. The van der Waals surface area contributed by atoms with Crippen molar-refractivity contribution in [1.29, 1.82) is 0 Å². The number of nitrogens with zero attached hydrogens (tertiary/aromatic N) is 4. The van der Waals surface area contributed by atoms with E-state index in [1.54, 1.807) is 18.6 Å². The number of benzene rings is 2. The van der Waals surface area contributed by atoms with Gasteiger partial charge in [0.2, 0.25) is 5.95 Å². The number of likely N-dealkylation sites (N-methyl/N-ethyl adjacent to an activating group) is 1. The smallest absolute Gasteiger partial charge is 0.255 e. The van der Waals surface area contributed by atoms with Gasteiger partial charge >= 0.3 is 0 Å². The number of likely N-dealkylation sites (tertiary alicyclic amines) is 1. The number of nitrogens with one attached hydrogen (secondary N) is 2. The van der Waals surface area contributed by atoms with Gasteiger partial charge in [-0.2, -0.15) is 0 Å². The lowest BCUT2D eigenvalue weighted by Crippen LogP contribution is -2.14. The second-order valence-corrected chi connectivity index (χ2v) is 8.99. The summed E-state index contributed by atoms with van der Waals surface area (Å²) in [5, 5.41) is 6.29. The van der Waals surface area contributed by atoms with Crippen molar-refractivity contribution >= 4 is 23.2 Å². The maximum atomic E-state index is 12.9. The molecule has 1 fully saturated rings. The minimum atomic E-state index is -0.135.